The summed E-state index contributed by atoms with van der Waals surface area (Å²) in [6, 6.07) is 9.61. The minimum absolute atomic E-state index is 0.177. The summed E-state index contributed by atoms with van der Waals surface area (Å²) in [6.07, 6.45) is 2.65. The number of allylic oxidation sites excluding steroid dienone is 2. The number of hydrogen-bond donors (Lipinski definition) is 0. The molecule has 2 nitrogen and oxygen atoms in total. The Balaban J connectivity index is 2.13. The molecule has 23 heavy (non-hydrogen) atoms. The zero-order valence-electron chi connectivity index (χ0n) is 15.4. The normalized spacial score (nSPS) is 19.1. The van der Waals surface area contributed by atoms with E-state index in [1.54, 1.807) is 0 Å². The Morgan fingerprint density at radius 1 is 1.22 bits per heavy atom. The maximum Gasteiger partial charge on any atom is 0.250 e. The largest absolute Gasteiger partial charge is 0.546 e. The predicted octanol–water partition coefficient (Wildman–Crippen LogP) is 5.97. The number of Topliss-reactive ketones (excluding diaryl/α,β-unsaturated/α-hetero) is 1. The van der Waals surface area contributed by atoms with Crippen molar-refractivity contribution in [3.8, 4) is 0 Å². The lowest BCUT2D eigenvalue weighted by Gasteiger charge is -2.38. The van der Waals surface area contributed by atoms with Crippen LogP contribution in [0.2, 0.25) is 18.1 Å². The molecule has 0 saturated carbocycles. The summed E-state index contributed by atoms with van der Waals surface area (Å²) in [5.41, 5.74) is 2.14. The monoisotopic (exact) mass is 330 g/mol. The van der Waals surface area contributed by atoms with Gasteiger partial charge in [-0.05, 0) is 43.5 Å². The van der Waals surface area contributed by atoms with Gasteiger partial charge in [0.25, 0.3) is 0 Å². The Bertz CT molecular complexity index is 594. The first-order valence-electron chi connectivity index (χ1n) is 8.59. The Kier molecular flexibility index (Phi) is 5.19. The van der Waals surface area contributed by atoms with Crippen molar-refractivity contribution in [3.63, 3.8) is 0 Å². The van der Waals surface area contributed by atoms with E-state index in [1.165, 1.54) is 5.57 Å². The lowest BCUT2D eigenvalue weighted by Crippen LogP contribution is -2.41. The molecule has 0 fully saturated rings. The second kappa shape index (κ2) is 6.64. The zero-order chi connectivity index (χ0) is 17.3. The van der Waals surface area contributed by atoms with E-state index < -0.39 is 8.32 Å². The maximum atomic E-state index is 12.5. The van der Waals surface area contributed by atoms with Crippen LogP contribution in [0, 0.1) is 5.92 Å². The first-order chi connectivity index (χ1) is 10.6. The molecule has 1 aromatic carbocycles. The fourth-order valence-electron chi connectivity index (χ4n) is 2.75. The molecule has 3 heteroatoms. The van der Waals surface area contributed by atoms with Gasteiger partial charge in [-0.2, -0.15) is 0 Å². The minimum atomic E-state index is -1.85. The number of rotatable bonds is 5. The fourth-order valence-corrected chi connectivity index (χ4v) is 3.95. The molecule has 1 aliphatic carbocycles. The zero-order valence-corrected chi connectivity index (χ0v) is 16.4. The van der Waals surface area contributed by atoms with Crippen molar-refractivity contribution in [2.24, 2.45) is 5.92 Å². The van der Waals surface area contributed by atoms with Crippen LogP contribution in [0.25, 0.3) is 0 Å². The van der Waals surface area contributed by atoms with Crippen LogP contribution in [0.3, 0.4) is 0 Å². The molecule has 0 spiro atoms. The molecule has 1 aromatic rings. The van der Waals surface area contributed by atoms with E-state index in [2.05, 4.69) is 40.8 Å². The third-order valence-corrected chi connectivity index (χ3v) is 9.70. The molecule has 0 N–H and O–H groups in total. The summed E-state index contributed by atoms with van der Waals surface area (Å²) in [7, 11) is -1.85. The second-order valence-corrected chi connectivity index (χ2v) is 13.0. The summed E-state index contributed by atoms with van der Waals surface area (Å²) in [6.45, 7) is 13.5. The maximum absolute atomic E-state index is 12.5. The van der Waals surface area contributed by atoms with Crippen molar-refractivity contribution in [3.05, 3.63) is 47.2 Å². The molecule has 2 rings (SSSR count). The van der Waals surface area contributed by atoms with Crippen molar-refractivity contribution in [2.75, 3.05) is 0 Å². The van der Waals surface area contributed by atoms with Gasteiger partial charge in [0, 0.05) is 17.9 Å². The van der Waals surface area contributed by atoms with Crippen LogP contribution in [-0.2, 0) is 4.43 Å². The third kappa shape index (κ3) is 4.14. The fraction of sp³-hybridized carbons (Fsp3) is 0.550. The summed E-state index contributed by atoms with van der Waals surface area (Å²) >= 11 is 0. The quantitative estimate of drug-likeness (QED) is 0.491. The van der Waals surface area contributed by atoms with E-state index in [1.807, 2.05) is 30.3 Å². The molecule has 0 heterocycles. The van der Waals surface area contributed by atoms with Crippen LogP contribution in [0.5, 0.6) is 0 Å². The van der Waals surface area contributed by atoms with Gasteiger partial charge in [0.15, 0.2) is 5.78 Å². The lowest BCUT2D eigenvalue weighted by molar-refractivity contribution is 0.0959. The number of hydrogen-bond acceptors (Lipinski definition) is 2. The van der Waals surface area contributed by atoms with Gasteiger partial charge in [-0.1, -0.05) is 51.1 Å². The minimum Gasteiger partial charge on any atom is -0.546 e. The van der Waals surface area contributed by atoms with Crippen molar-refractivity contribution in [1.82, 2.24) is 0 Å². The molecule has 1 aliphatic rings. The van der Waals surface area contributed by atoms with E-state index in [0.717, 1.165) is 24.2 Å². The Morgan fingerprint density at radius 3 is 2.39 bits per heavy atom. The molecule has 0 bridgehead atoms. The summed E-state index contributed by atoms with van der Waals surface area (Å²) in [5, 5.41) is 0.177. The lowest BCUT2D eigenvalue weighted by atomic mass is 9.97. The SMILES string of the molecule is CC1=C(O[Si](C)(C)C(C)(C)C)C(CC(=O)c2ccccc2)CC1. The average Bonchev–Trinajstić information content (AvgIpc) is 2.79. The Labute approximate surface area is 142 Å². The Hall–Kier alpha value is -1.35. The summed E-state index contributed by atoms with van der Waals surface area (Å²) < 4.78 is 6.59. The van der Waals surface area contributed by atoms with Gasteiger partial charge in [-0.3, -0.25) is 4.79 Å². The van der Waals surface area contributed by atoms with E-state index in [-0.39, 0.29) is 16.7 Å². The van der Waals surface area contributed by atoms with E-state index in [9.17, 15) is 4.79 Å². The van der Waals surface area contributed by atoms with Crippen molar-refractivity contribution in [1.29, 1.82) is 0 Å². The first-order valence-corrected chi connectivity index (χ1v) is 11.5. The van der Waals surface area contributed by atoms with Gasteiger partial charge >= 0.3 is 0 Å². The average molecular weight is 331 g/mol. The predicted molar refractivity (Wildman–Crippen MR) is 99.1 cm³/mol. The van der Waals surface area contributed by atoms with Gasteiger partial charge < -0.3 is 4.43 Å². The van der Waals surface area contributed by atoms with Crippen LogP contribution in [0.15, 0.2) is 41.7 Å². The van der Waals surface area contributed by atoms with Crippen molar-refractivity contribution in [2.45, 2.75) is 65.1 Å². The molecule has 126 valence electrons. The number of carbonyl (C=O) groups excluding carboxylic acids is 1. The first kappa shape index (κ1) is 18.0. The second-order valence-electron chi connectivity index (χ2n) is 8.24. The van der Waals surface area contributed by atoms with Crippen LogP contribution < -0.4 is 0 Å². The van der Waals surface area contributed by atoms with Crippen LogP contribution in [0.1, 0.15) is 57.3 Å². The highest BCUT2D eigenvalue weighted by atomic mass is 28.4. The highest BCUT2D eigenvalue weighted by Crippen LogP contribution is 2.43. The van der Waals surface area contributed by atoms with E-state index in [4.69, 9.17) is 4.43 Å². The number of carbonyl (C=O) groups is 1. The van der Waals surface area contributed by atoms with Crippen molar-refractivity contribution < 1.29 is 9.22 Å². The van der Waals surface area contributed by atoms with Gasteiger partial charge in [0.2, 0.25) is 8.32 Å². The molecular weight excluding hydrogens is 300 g/mol. The molecule has 0 aliphatic heterocycles. The highest BCUT2D eigenvalue weighted by molar-refractivity contribution is 6.74. The highest BCUT2D eigenvalue weighted by Gasteiger charge is 2.41. The number of benzene rings is 1. The molecule has 0 amide bonds. The van der Waals surface area contributed by atoms with E-state index in [0.29, 0.717) is 6.42 Å². The molecule has 0 aromatic heterocycles. The van der Waals surface area contributed by atoms with Crippen LogP contribution in [-0.4, -0.2) is 14.1 Å². The Morgan fingerprint density at radius 2 is 1.83 bits per heavy atom. The number of ketones is 1. The third-order valence-electron chi connectivity index (χ3n) is 5.36. The summed E-state index contributed by atoms with van der Waals surface area (Å²) in [5.74, 6) is 1.58. The van der Waals surface area contributed by atoms with Gasteiger partial charge in [-0.25, -0.2) is 0 Å². The van der Waals surface area contributed by atoms with Crippen molar-refractivity contribution >= 4 is 14.1 Å². The molecule has 1 unspecified atom stereocenters. The van der Waals surface area contributed by atoms with Gasteiger partial charge in [0.05, 0.1) is 5.76 Å². The smallest absolute Gasteiger partial charge is 0.250 e. The standard InChI is InChI=1S/C20H30O2Si/c1-15-12-13-17(14-18(21)16-10-8-7-9-11-16)19(15)22-23(5,6)20(2,3)4/h7-11,17H,12-14H2,1-6H3. The van der Waals surface area contributed by atoms with Gasteiger partial charge in [0.1, 0.15) is 0 Å². The molecule has 1 atom stereocenters. The van der Waals surface area contributed by atoms with Gasteiger partial charge in [-0.15, -0.1) is 0 Å². The summed E-state index contributed by atoms with van der Waals surface area (Å²) in [4.78, 5) is 12.5. The molecule has 0 saturated heterocycles. The molecule has 0 radical (unpaired) electrons. The van der Waals surface area contributed by atoms with E-state index >= 15 is 0 Å². The molecular formula is C20H30O2Si. The van der Waals surface area contributed by atoms with Crippen LogP contribution >= 0.6 is 0 Å². The van der Waals surface area contributed by atoms with Crippen LogP contribution in [0.4, 0.5) is 0 Å². The topological polar surface area (TPSA) is 26.3 Å².